The molecule has 3 rings (SSSR count). The minimum Gasteiger partial charge on any atom is -0.495 e. The average molecular weight is 506 g/mol. The minimum atomic E-state index is -3.95. The van der Waals surface area contributed by atoms with E-state index in [-0.39, 0.29) is 33.3 Å². The van der Waals surface area contributed by atoms with E-state index in [0.29, 0.717) is 0 Å². The Labute approximate surface area is 186 Å². The van der Waals surface area contributed by atoms with Gasteiger partial charge in [-0.3, -0.25) is 19.6 Å². The maximum absolute atomic E-state index is 12.9. The first kappa shape index (κ1) is 22.2. The SMILES string of the molecule is COc1ccc([N+](=O)[O-])cc1NC(=O)c1ccccc1NS(=O)(=O)c1ccc(Br)cc1. The summed E-state index contributed by atoms with van der Waals surface area (Å²) in [6.45, 7) is 0. The number of anilines is 2. The fourth-order valence-corrected chi connectivity index (χ4v) is 4.03. The van der Waals surface area contributed by atoms with Crippen LogP contribution in [0.5, 0.6) is 5.75 Å². The summed E-state index contributed by atoms with van der Waals surface area (Å²) >= 11 is 3.25. The van der Waals surface area contributed by atoms with Gasteiger partial charge in [0.05, 0.1) is 33.9 Å². The molecule has 1 amide bonds. The second-order valence-electron chi connectivity index (χ2n) is 6.20. The Morgan fingerprint density at radius 1 is 1.03 bits per heavy atom. The zero-order valence-corrected chi connectivity index (χ0v) is 18.4. The first-order valence-corrected chi connectivity index (χ1v) is 11.0. The van der Waals surface area contributed by atoms with Gasteiger partial charge in [0.1, 0.15) is 5.75 Å². The molecule has 0 aliphatic carbocycles. The monoisotopic (exact) mass is 505 g/mol. The molecule has 0 saturated carbocycles. The van der Waals surface area contributed by atoms with E-state index < -0.39 is 20.9 Å². The number of nitrogens with one attached hydrogen (secondary N) is 2. The highest BCUT2D eigenvalue weighted by molar-refractivity contribution is 9.10. The second-order valence-corrected chi connectivity index (χ2v) is 8.80. The van der Waals surface area contributed by atoms with Gasteiger partial charge in [0.15, 0.2) is 0 Å². The zero-order chi connectivity index (χ0) is 22.6. The quantitative estimate of drug-likeness (QED) is 0.361. The highest BCUT2D eigenvalue weighted by Crippen LogP contribution is 2.30. The summed E-state index contributed by atoms with van der Waals surface area (Å²) in [5.41, 5.74) is -0.0864. The van der Waals surface area contributed by atoms with Gasteiger partial charge in [0.25, 0.3) is 21.6 Å². The summed E-state index contributed by atoms with van der Waals surface area (Å²) < 4.78 is 33.7. The van der Waals surface area contributed by atoms with Crippen LogP contribution in [0.25, 0.3) is 0 Å². The van der Waals surface area contributed by atoms with Gasteiger partial charge in [0, 0.05) is 16.6 Å². The van der Waals surface area contributed by atoms with Crippen molar-refractivity contribution in [3.8, 4) is 5.75 Å². The first-order chi connectivity index (χ1) is 14.7. The van der Waals surface area contributed by atoms with Crippen LogP contribution in [0.3, 0.4) is 0 Å². The van der Waals surface area contributed by atoms with E-state index in [4.69, 9.17) is 4.74 Å². The highest BCUT2D eigenvalue weighted by Gasteiger charge is 2.20. The van der Waals surface area contributed by atoms with Gasteiger partial charge in [0.2, 0.25) is 0 Å². The van der Waals surface area contributed by atoms with Crippen molar-refractivity contribution in [2.24, 2.45) is 0 Å². The van der Waals surface area contributed by atoms with E-state index in [2.05, 4.69) is 26.0 Å². The van der Waals surface area contributed by atoms with Crippen LogP contribution in [0.1, 0.15) is 10.4 Å². The average Bonchev–Trinajstić information content (AvgIpc) is 2.74. The summed E-state index contributed by atoms with van der Waals surface area (Å²) in [5, 5.41) is 13.6. The molecule has 0 fully saturated rings. The molecule has 0 atom stereocenters. The number of hydrogen-bond donors (Lipinski definition) is 2. The molecule has 0 bridgehead atoms. The van der Waals surface area contributed by atoms with Crippen LogP contribution < -0.4 is 14.8 Å². The van der Waals surface area contributed by atoms with Crippen LogP contribution in [0, 0.1) is 10.1 Å². The number of benzene rings is 3. The smallest absolute Gasteiger partial charge is 0.271 e. The number of nitro benzene ring substituents is 1. The highest BCUT2D eigenvalue weighted by atomic mass is 79.9. The van der Waals surface area contributed by atoms with Gasteiger partial charge in [-0.1, -0.05) is 28.1 Å². The minimum absolute atomic E-state index is 0.0197. The summed E-state index contributed by atoms with van der Waals surface area (Å²) in [5.74, 6) is -0.459. The summed E-state index contributed by atoms with van der Waals surface area (Å²) in [6, 6.07) is 15.8. The molecule has 0 radical (unpaired) electrons. The lowest BCUT2D eigenvalue weighted by Gasteiger charge is -2.14. The molecule has 0 spiro atoms. The molecule has 0 heterocycles. The number of ether oxygens (including phenoxy) is 1. The summed E-state index contributed by atoms with van der Waals surface area (Å²) in [4.78, 5) is 23.3. The Hall–Kier alpha value is -3.44. The molecule has 2 N–H and O–H groups in total. The van der Waals surface area contributed by atoms with Crippen LogP contribution >= 0.6 is 15.9 Å². The van der Waals surface area contributed by atoms with Crippen molar-refractivity contribution in [2.45, 2.75) is 4.90 Å². The van der Waals surface area contributed by atoms with Crippen LogP contribution in [0.2, 0.25) is 0 Å². The number of hydrogen-bond acceptors (Lipinski definition) is 6. The number of nitrogens with zero attached hydrogens (tertiary/aromatic N) is 1. The molecule has 160 valence electrons. The van der Waals surface area contributed by atoms with Crippen LogP contribution in [-0.4, -0.2) is 26.4 Å². The Balaban J connectivity index is 1.92. The van der Waals surface area contributed by atoms with E-state index >= 15 is 0 Å². The first-order valence-electron chi connectivity index (χ1n) is 8.72. The summed E-state index contributed by atoms with van der Waals surface area (Å²) in [7, 11) is -2.60. The molecule has 0 aromatic heterocycles. The van der Waals surface area contributed by atoms with Gasteiger partial charge in [-0.2, -0.15) is 0 Å². The number of nitro groups is 1. The largest absolute Gasteiger partial charge is 0.495 e. The molecular formula is C20H16BrN3O6S. The second kappa shape index (κ2) is 9.14. The normalized spacial score (nSPS) is 10.9. The molecule has 0 saturated heterocycles. The third-order valence-corrected chi connectivity index (χ3v) is 6.09. The van der Waals surface area contributed by atoms with Crippen LogP contribution in [0.4, 0.5) is 17.1 Å². The van der Waals surface area contributed by atoms with E-state index in [1.165, 1.54) is 43.5 Å². The Kier molecular flexibility index (Phi) is 6.56. The van der Waals surface area contributed by atoms with Crippen molar-refractivity contribution in [1.29, 1.82) is 0 Å². The molecule has 3 aromatic rings. The standard InChI is InChI=1S/C20H16BrN3O6S/c1-30-19-11-8-14(24(26)27)12-18(19)22-20(25)16-4-2-3-5-17(16)23-31(28,29)15-9-6-13(21)7-10-15/h2-12,23H,1H3,(H,22,25). The van der Waals surface area contributed by atoms with Crippen molar-refractivity contribution >= 4 is 48.9 Å². The van der Waals surface area contributed by atoms with Crippen LogP contribution in [0.15, 0.2) is 76.1 Å². The predicted octanol–water partition coefficient (Wildman–Crippen LogP) is 4.42. The predicted molar refractivity (Wildman–Crippen MR) is 119 cm³/mol. The van der Waals surface area contributed by atoms with Gasteiger partial charge in [-0.15, -0.1) is 0 Å². The topological polar surface area (TPSA) is 128 Å². The molecule has 3 aromatic carbocycles. The van der Waals surface area contributed by atoms with Crippen molar-refractivity contribution in [3.05, 3.63) is 86.9 Å². The Morgan fingerprint density at radius 2 is 1.71 bits per heavy atom. The number of methoxy groups -OCH3 is 1. The van der Waals surface area contributed by atoms with Gasteiger partial charge in [-0.25, -0.2) is 8.42 Å². The van der Waals surface area contributed by atoms with Gasteiger partial charge >= 0.3 is 0 Å². The summed E-state index contributed by atoms with van der Waals surface area (Å²) in [6.07, 6.45) is 0. The molecule has 0 aliphatic rings. The lowest BCUT2D eigenvalue weighted by atomic mass is 10.1. The van der Waals surface area contributed by atoms with Crippen molar-refractivity contribution in [3.63, 3.8) is 0 Å². The Bertz CT molecular complexity index is 1250. The van der Waals surface area contributed by atoms with E-state index in [1.54, 1.807) is 24.3 Å². The molecule has 11 heteroatoms. The number of halogens is 1. The maximum Gasteiger partial charge on any atom is 0.271 e. The van der Waals surface area contributed by atoms with Crippen molar-refractivity contribution < 1.29 is 22.9 Å². The number of carbonyl (C=O) groups excluding carboxylic acids is 1. The molecule has 0 aliphatic heterocycles. The van der Waals surface area contributed by atoms with Gasteiger partial charge < -0.3 is 10.1 Å². The molecule has 0 unspecified atom stereocenters. The number of amides is 1. The fraction of sp³-hybridized carbons (Fsp3) is 0.0500. The number of para-hydroxylation sites is 1. The molecule has 31 heavy (non-hydrogen) atoms. The molecule has 9 nitrogen and oxygen atoms in total. The lowest BCUT2D eigenvalue weighted by molar-refractivity contribution is -0.384. The molecular weight excluding hydrogens is 490 g/mol. The number of non-ortho nitro benzene ring substituents is 1. The number of rotatable bonds is 7. The third kappa shape index (κ3) is 5.19. The van der Waals surface area contributed by atoms with Crippen LogP contribution in [-0.2, 0) is 10.0 Å². The number of carbonyl (C=O) groups is 1. The Morgan fingerprint density at radius 3 is 2.35 bits per heavy atom. The number of sulfonamides is 1. The fourth-order valence-electron chi connectivity index (χ4n) is 2.68. The van der Waals surface area contributed by atoms with Crippen molar-refractivity contribution in [1.82, 2.24) is 0 Å². The van der Waals surface area contributed by atoms with E-state index in [0.717, 1.165) is 10.5 Å². The zero-order valence-electron chi connectivity index (χ0n) is 16.0. The van der Waals surface area contributed by atoms with E-state index in [1.807, 2.05) is 0 Å². The van der Waals surface area contributed by atoms with Crippen molar-refractivity contribution in [2.75, 3.05) is 17.1 Å². The lowest BCUT2D eigenvalue weighted by Crippen LogP contribution is -2.19. The van der Waals surface area contributed by atoms with E-state index in [9.17, 15) is 23.3 Å². The maximum atomic E-state index is 12.9. The van der Waals surface area contributed by atoms with Gasteiger partial charge in [-0.05, 0) is 42.5 Å². The third-order valence-electron chi connectivity index (χ3n) is 4.18.